The highest BCUT2D eigenvalue weighted by atomic mass is 32.2. The van der Waals surface area contributed by atoms with Crippen LogP contribution in [0.3, 0.4) is 0 Å². The zero-order chi connectivity index (χ0) is 13.7. The van der Waals surface area contributed by atoms with Gasteiger partial charge in [0.05, 0.1) is 17.9 Å². The van der Waals surface area contributed by atoms with Crippen molar-refractivity contribution in [1.29, 1.82) is 5.26 Å². The zero-order valence-electron chi connectivity index (χ0n) is 10.8. The normalized spacial score (nSPS) is 20.7. The summed E-state index contributed by atoms with van der Waals surface area (Å²) < 4.78 is 0. The Kier molecular flexibility index (Phi) is 4.77. The third kappa shape index (κ3) is 3.25. The Balaban J connectivity index is 2.05. The molecule has 1 heterocycles. The van der Waals surface area contributed by atoms with E-state index in [-0.39, 0.29) is 12.2 Å². The molecule has 1 saturated heterocycles. The third-order valence-corrected chi connectivity index (χ3v) is 4.30. The van der Waals surface area contributed by atoms with Crippen LogP contribution in [0, 0.1) is 16.2 Å². The largest absolute Gasteiger partial charge is 0.256 e. The van der Waals surface area contributed by atoms with Crippen LogP contribution in [-0.2, 0) is 6.54 Å². The van der Waals surface area contributed by atoms with Gasteiger partial charge in [-0.15, -0.1) is 16.7 Å². The first kappa shape index (κ1) is 13.8. The summed E-state index contributed by atoms with van der Waals surface area (Å²) in [7, 11) is 0. The fraction of sp³-hybridized carbons (Fsp3) is 0.462. The fourth-order valence-electron chi connectivity index (χ4n) is 2.11. The molecule has 0 bridgehead atoms. The molecule has 1 aliphatic rings. The SMILES string of the molecule is CC(N(Cc1ccccc1)N=O)N1CSCC1C#N. The monoisotopic (exact) mass is 276 g/mol. The minimum atomic E-state index is -0.169. The van der Waals surface area contributed by atoms with Crippen LogP contribution in [0.25, 0.3) is 0 Å². The van der Waals surface area contributed by atoms with Gasteiger partial charge in [0.1, 0.15) is 12.2 Å². The lowest BCUT2D eigenvalue weighted by atomic mass is 10.2. The Hall–Kier alpha value is -1.58. The van der Waals surface area contributed by atoms with Gasteiger partial charge < -0.3 is 0 Å². The highest BCUT2D eigenvalue weighted by Crippen LogP contribution is 2.25. The molecule has 1 aromatic carbocycles. The molecular weight excluding hydrogens is 260 g/mol. The maximum Gasteiger partial charge on any atom is 0.109 e. The summed E-state index contributed by atoms with van der Waals surface area (Å²) >= 11 is 1.71. The van der Waals surface area contributed by atoms with Gasteiger partial charge in [-0.2, -0.15) is 5.26 Å². The van der Waals surface area contributed by atoms with Gasteiger partial charge in [0.2, 0.25) is 0 Å². The zero-order valence-corrected chi connectivity index (χ0v) is 11.6. The molecule has 1 fully saturated rings. The minimum Gasteiger partial charge on any atom is -0.256 e. The predicted molar refractivity (Wildman–Crippen MR) is 75.8 cm³/mol. The van der Waals surface area contributed by atoms with Crippen molar-refractivity contribution in [3.05, 3.63) is 40.8 Å². The van der Waals surface area contributed by atoms with E-state index in [1.165, 1.54) is 5.01 Å². The average molecular weight is 276 g/mol. The quantitative estimate of drug-likeness (QED) is 0.610. The Morgan fingerprint density at radius 1 is 1.58 bits per heavy atom. The Labute approximate surface area is 117 Å². The lowest BCUT2D eigenvalue weighted by molar-refractivity contribution is 0.0582. The molecule has 0 amide bonds. The number of nitriles is 1. The number of nitrogens with zero attached hydrogens (tertiary/aromatic N) is 4. The number of benzene rings is 1. The highest BCUT2D eigenvalue weighted by Gasteiger charge is 2.32. The van der Waals surface area contributed by atoms with Gasteiger partial charge in [0.25, 0.3) is 0 Å². The lowest BCUT2D eigenvalue weighted by Crippen LogP contribution is -2.46. The molecule has 0 aromatic heterocycles. The van der Waals surface area contributed by atoms with E-state index in [0.29, 0.717) is 6.54 Å². The van der Waals surface area contributed by atoms with E-state index in [9.17, 15) is 4.91 Å². The molecule has 0 saturated carbocycles. The molecule has 5 nitrogen and oxygen atoms in total. The second kappa shape index (κ2) is 6.55. The van der Waals surface area contributed by atoms with Crippen molar-refractivity contribution in [1.82, 2.24) is 9.91 Å². The number of thioether (sulfide) groups is 1. The first-order chi connectivity index (χ1) is 9.26. The van der Waals surface area contributed by atoms with Crippen molar-refractivity contribution >= 4 is 11.8 Å². The van der Waals surface area contributed by atoms with Crippen LogP contribution in [0.15, 0.2) is 35.6 Å². The topological polar surface area (TPSA) is 59.7 Å². The number of rotatable bonds is 5. The summed E-state index contributed by atoms with van der Waals surface area (Å²) in [5.41, 5.74) is 1.04. The Morgan fingerprint density at radius 3 is 2.95 bits per heavy atom. The van der Waals surface area contributed by atoms with E-state index in [4.69, 9.17) is 5.26 Å². The average Bonchev–Trinajstić information content (AvgIpc) is 2.93. The van der Waals surface area contributed by atoms with E-state index in [0.717, 1.165) is 17.2 Å². The number of nitroso groups, excluding NO2 is 1. The molecule has 0 aliphatic carbocycles. The summed E-state index contributed by atoms with van der Waals surface area (Å²) in [5, 5.41) is 13.7. The molecule has 2 rings (SSSR count). The molecule has 1 aliphatic heterocycles. The van der Waals surface area contributed by atoms with Crippen LogP contribution in [0.2, 0.25) is 0 Å². The van der Waals surface area contributed by atoms with Crippen LogP contribution in [-0.4, -0.2) is 33.7 Å². The summed E-state index contributed by atoms with van der Waals surface area (Å²) in [4.78, 5) is 13.1. The molecule has 0 spiro atoms. The molecule has 100 valence electrons. The summed E-state index contributed by atoms with van der Waals surface area (Å²) in [6, 6.07) is 11.9. The van der Waals surface area contributed by atoms with Crippen LogP contribution in [0.1, 0.15) is 12.5 Å². The predicted octanol–water partition coefficient (Wildman–Crippen LogP) is 2.41. The van der Waals surface area contributed by atoms with E-state index in [1.807, 2.05) is 42.2 Å². The van der Waals surface area contributed by atoms with Gasteiger partial charge in [-0.25, -0.2) is 5.01 Å². The standard InChI is InChI=1S/C13H16N4OS/c1-11(16-10-19-9-13(16)7-14)17(15-18)8-12-5-3-2-4-6-12/h2-6,11,13H,8-10H2,1H3. The van der Waals surface area contributed by atoms with Crippen molar-refractivity contribution in [3.63, 3.8) is 0 Å². The summed E-state index contributed by atoms with van der Waals surface area (Å²) in [6.45, 7) is 2.38. The van der Waals surface area contributed by atoms with Crippen molar-refractivity contribution in [2.45, 2.75) is 25.7 Å². The van der Waals surface area contributed by atoms with E-state index >= 15 is 0 Å². The third-order valence-electron chi connectivity index (χ3n) is 3.27. The van der Waals surface area contributed by atoms with Crippen molar-refractivity contribution in [2.75, 3.05) is 11.6 Å². The molecular formula is C13H16N4OS. The summed E-state index contributed by atoms with van der Waals surface area (Å²) in [6.07, 6.45) is -0.169. The van der Waals surface area contributed by atoms with Gasteiger partial charge in [-0.3, -0.25) is 4.90 Å². The number of hydrogen-bond acceptors (Lipinski definition) is 5. The first-order valence-electron chi connectivity index (χ1n) is 6.13. The molecule has 2 unspecified atom stereocenters. The minimum absolute atomic E-state index is 0.139. The van der Waals surface area contributed by atoms with Crippen molar-refractivity contribution in [3.8, 4) is 6.07 Å². The van der Waals surface area contributed by atoms with Crippen molar-refractivity contribution in [2.24, 2.45) is 5.29 Å². The van der Waals surface area contributed by atoms with Gasteiger partial charge >= 0.3 is 0 Å². The van der Waals surface area contributed by atoms with Gasteiger partial charge in [-0.05, 0) is 12.5 Å². The fourth-order valence-corrected chi connectivity index (χ4v) is 3.31. The van der Waals surface area contributed by atoms with E-state index in [1.54, 1.807) is 11.8 Å². The first-order valence-corrected chi connectivity index (χ1v) is 7.28. The van der Waals surface area contributed by atoms with E-state index < -0.39 is 0 Å². The second-order valence-corrected chi connectivity index (χ2v) is 5.46. The molecule has 0 N–H and O–H groups in total. The maximum absolute atomic E-state index is 11.1. The molecule has 6 heteroatoms. The highest BCUT2D eigenvalue weighted by molar-refractivity contribution is 7.99. The molecule has 0 radical (unpaired) electrons. The van der Waals surface area contributed by atoms with E-state index in [2.05, 4.69) is 11.4 Å². The Morgan fingerprint density at radius 2 is 2.32 bits per heavy atom. The molecule has 19 heavy (non-hydrogen) atoms. The smallest absolute Gasteiger partial charge is 0.109 e. The van der Waals surface area contributed by atoms with Gasteiger partial charge in [-0.1, -0.05) is 30.3 Å². The van der Waals surface area contributed by atoms with Crippen LogP contribution < -0.4 is 0 Å². The Bertz CT molecular complexity index is 461. The molecule has 1 aromatic rings. The van der Waals surface area contributed by atoms with Crippen molar-refractivity contribution < 1.29 is 0 Å². The van der Waals surface area contributed by atoms with Gasteiger partial charge in [0.15, 0.2) is 0 Å². The van der Waals surface area contributed by atoms with Crippen LogP contribution >= 0.6 is 11.8 Å². The van der Waals surface area contributed by atoms with Crippen LogP contribution in [0.5, 0.6) is 0 Å². The lowest BCUT2D eigenvalue weighted by Gasteiger charge is -2.32. The second-order valence-electron chi connectivity index (χ2n) is 4.46. The number of hydrogen-bond donors (Lipinski definition) is 0. The summed E-state index contributed by atoms with van der Waals surface area (Å²) in [5.74, 6) is 1.55. The maximum atomic E-state index is 11.1. The molecule has 2 atom stereocenters. The van der Waals surface area contributed by atoms with Gasteiger partial charge in [0, 0.05) is 11.6 Å². The van der Waals surface area contributed by atoms with Crippen LogP contribution in [0.4, 0.5) is 0 Å².